The summed E-state index contributed by atoms with van der Waals surface area (Å²) in [6.07, 6.45) is 0. The molecule has 17 heavy (non-hydrogen) atoms. The zero-order valence-corrected chi connectivity index (χ0v) is 9.28. The molecule has 0 aliphatic heterocycles. The number of nitro benzene ring substituents is 3. The molecular weight excluding hydrogens is 306 g/mol. The fourth-order valence-corrected chi connectivity index (χ4v) is 1.64. The lowest BCUT2D eigenvalue weighted by molar-refractivity contribution is -0.425. The maximum atomic E-state index is 10.6. The first-order chi connectivity index (χ1) is 7.77. The van der Waals surface area contributed by atoms with Gasteiger partial charge >= 0.3 is 17.1 Å². The summed E-state index contributed by atoms with van der Waals surface area (Å²) in [5.74, 6) is -1.35. The summed E-state index contributed by atoms with van der Waals surface area (Å²) in [6, 6.07) is 0.625. The van der Waals surface area contributed by atoms with Crippen LogP contribution in [0.15, 0.2) is 10.5 Å². The van der Waals surface area contributed by atoms with E-state index in [0.29, 0.717) is 6.07 Å². The number of nitrogens with zero attached hydrogens (tertiary/aromatic N) is 3. The van der Waals surface area contributed by atoms with Crippen LogP contribution in [-0.2, 0) is 0 Å². The van der Waals surface area contributed by atoms with E-state index in [-0.39, 0.29) is 0 Å². The second kappa shape index (κ2) is 4.29. The fourth-order valence-electron chi connectivity index (χ4n) is 1.09. The van der Waals surface area contributed by atoms with Gasteiger partial charge in [-0.2, -0.15) is 0 Å². The standard InChI is InChI=1S/C6H2BrN3O7/c7-2-1-3(8(12)13)6(11)5(10(16)17)4(2)9(14)15/h1,11H. The lowest BCUT2D eigenvalue weighted by Gasteiger charge is -2.00. The van der Waals surface area contributed by atoms with Gasteiger partial charge in [-0.1, -0.05) is 0 Å². The molecule has 0 saturated heterocycles. The van der Waals surface area contributed by atoms with Gasteiger partial charge in [0.2, 0.25) is 0 Å². The fraction of sp³-hybridized carbons (Fsp3) is 0. The van der Waals surface area contributed by atoms with E-state index in [0.717, 1.165) is 0 Å². The summed E-state index contributed by atoms with van der Waals surface area (Å²) in [5, 5.41) is 40.9. The zero-order chi connectivity index (χ0) is 13.3. The zero-order valence-electron chi connectivity index (χ0n) is 7.69. The van der Waals surface area contributed by atoms with Crippen molar-refractivity contribution in [2.24, 2.45) is 0 Å². The topological polar surface area (TPSA) is 150 Å². The summed E-state index contributed by atoms with van der Waals surface area (Å²) in [7, 11) is 0. The molecule has 0 amide bonds. The molecule has 1 rings (SSSR count). The lowest BCUT2D eigenvalue weighted by Crippen LogP contribution is -2.00. The van der Waals surface area contributed by atoms with Crippen molar-refractivity contribution in [1.82, 2.24) is 0 Å². The lowest BCUT2D eigenvalue weighted by atomic mass is 10.2. The van der Waals surface area contributed by atoms with Crippen LogP contribution < -0.4 is 0 Å². The second-order valence-corrected chi connectivity index (χ2v) is 3.55. The number of nitro groups is 3. The van der Waals surface area contributed by atoms with E-state index in [1.54, 1.807) is 0 Å². The minimum Gasteiger partial charge on any atom is -0.497 e. The monoisotopic (exact) mass is 307 g/mol. The van der Waals surface area contributed by atoms with Crippen molar-refractivity contribution in [2.45, 2.75) is 0 Å². The molecule has 11 heteroatoms. The van der Waals surface area contributed by atoms with Gasteiger partial charge < -0.3 is 5.11 Å². The van der Waals surface area contributed by atoms with Crippen LogP contribution in [0, 0.1) is 30.3 Å². The van der Waals surface area contributed by atoms with Crippen LogP contribution in [0.4, 0.5) is 17.1 Å². The molecule has 0 heterocycles. The van der Waals surface area contributed by atoms with E-state index in [2.05, 4.69) is 15.9 Å². The van der Waals surface area contributed by atoms with Crippen LogP contribution in [0.5, 0.6) is 5.75 Å². The summed E-state index contributed by atoms with van der Waals surface area (Å²) < 4.78 is -0.460. The van der Waals surface area contributed by atoms with Crippen LogP contribution in [0.25, 0.3) is 0 Å². The summed E-state index contributed by atoms with van der Waals surface area (Å²) in [6.45, 7) is 0. The molecule has 1 N–H and O–H groups in total. The van der Waals surface area contributed by atoms with E-state index < -0.39 is 42.1 Å². The molecule has 0 saturated carbocycles. The Hall–Kier alpha value is -2.30. The average molecular weight is 308 g/mol. The van der Waals surface area contributed by atoms with Crippen molar-refractivity contribution in [2.75, 3.05) is 0 Å². The molecule has 0 aromatic heterocycles. The predicted octanol–water partition coefficient (Wildman–Crippen LogP) is 1.88. The largest absolute Gasteiger partial charge is 0.497 e. The molecule has 0 atom stereocenters. The van der Waals surface area contributed by atoms with Crippen molar-refractivity contribution in [3.8, 4) is 5.75 Å². The third-order valence-corrected chi connectivity index (χ3v) is 2.35. The van der Waals surface area contributed by atoms with Crippen molar-refractivity contribution < 1.29 is 19.9 Å². The minimum atomic E-state index is -1.35. The highest BCUT2D eigenvalue weighted by atomic mass is 79.9. The molecule has 0 unspecified atom stereocenters. The molecule has 0 fully saturated rings. The van der Waals surface area contributed by atoms with E-state index in [1.807, 2.05) is 0 Å². The van der Waals surface area contributed by atoms with Crippen LogP contribution in [0.1, 0.15) is 0 Å². The van der Waals surface area contributed by atoms with Crippen molar-refractivity contribution in [1.29, 1.82) is 0 Å². The number of rotatable bonds is 3. The molecule has 1 aromatic carbocycles. The summed E-state index contributed by atoms with van der Waals surface area (Å²) in [4.78, 5) is 28.1. The number of benzene rings is 1. The van der Waals surface area contributed by atoms with Gasteiger partial charge in [0.15, 0.2) is 0 Å². The number of phenols is 1. The molecule has 0 aliphatic carbocycles. The first-order valence-electron chi connectivity index (χ1n) is 3.76. The van der Waals surface area contributed by atoms with Crippen LogP contribution in [-0.4, -0.2) is 19.9 Å². The highest BCUT2D eigenvalue weighted by Gasteiger charge is 2.38. The third kappa shape index (κ3) is 2.13. The Morgan fingerprint density at radius 1 is 1.00 bits per heavy atom. The molecule has 0 radical (unpaired) electrons. The third-order valence-electron chi connectivity index (χ3n) is 1.74. The van der Waals surface area contributed by atoms with Gasteiger partial charge in [-0.15, -0.1) is 0 Å². The minimum absolute atomic E-state index is 0.460. The average Bonchev–Trinajstić information content (AvgIpc) is 2.18. The van der Waals surface area contributed by atoms with E-state index in [4.69, 9.17) is 0 Å². The maximum absolute atomic E-state index is 10.6. The molecule has 0 spiro atoms. The highest BCUT2D eigenvalue weighted by Crippen LogP contribution is 2.46. The molecule has 10 nitrogen and oxygen atoms in total. The molecule has 90 valence electrons. The van der Waals surface area contributed by atoms with Crippen molar-refractivity contribution in [3.05, 3.63) is 40.9 Å². The quantitative estimate of drug-likeness (QED) is 0.661. The Bertz CT molecular complexity index is 543. The second-order valence-electron chi connectivity index (χ2n) is 2.69. The Morgan fingerprint density at radius 2 is 1.47 bits per heavy atom. The van der Waals surface area contributed by atoms with Gasteiger partial charge in [-0.3, -0.25) is 30.3 Å². The number of phenolic OH excluding ortho intramolecular Hbond substituents is 1. The highest BCUT2D eigenvalue weighted by molar-refractivity contribution is 9.10. The number of hydrogen-bond donors (Lipinski definition) is 1. The Labute approximate surface area is 100 Å². The molecule has 0 bridgehead atoms. The van der Waals surface area contributed by atoms with Gasteiger partial charge in [-0.05, 0) is 15.9 Å². The number of hydrogen-bond acceptors (Lipinski definition) is 7. The van der Waals surface area contributed by atoms with Gasteiger partial charge in [-0.25, -0.2) is 0 Å². The molecular formula is C6H2BrN3O7. The Kier molecular flexibility index (Phi) is 3.22. The van der Waals surface area contributed by atoms with Crippen LogP contribution >= 0.6 is 15.9 Å². The van der Waals surface area contributed by atoms with Gasteiger partial charge in [0.1, 0.15) is 4.47 Å². The van der Waals surface area contributed by atoms with E-state index in [1.165, 1.54) is 0 Å². The first kappa shape index (κ1) is 12.8. The summed E-state index contributed by atoms with van der Waals surface area (Å²) >= 11 is 2.61. The SMILES string of the molecule is O=[N+]([O-])c1cc(Br)c([N+](=O)[O-])c([N+](=O)[O-])c1O. The van der Waals surface area contributed by atoms with Gasteiger partial charge in [0.05, 0.1) is 14.8 Å². The predicted molar refractivity (Wildman–Crippen MR) is 55.8 cm³/mol. The van der Waals surface area contributed by atoms with Crippen LogP contribution in [0.2, 0.25) is 0 Å². The van der Waals surface area contributed by atoms with E-state index in [9.17, 15) is 35.4 Å². The van der Waals surface area contributed by atoms with Crippen molar-refractivity contribution in [3.63, 3.8) is 0 Å². The normalized spacial score (nSPS) is 9.94. The number of halogens is 1. The smallest absolute Gasteiger partial charge is 0.395 e. The molecule has 0 aliphatic rings. The van der Waals surface area contributed by atoms with Gasteiger partial charge in [0, 0.05) is 6.07 Å². The van der Waals surface area contributed by atoms with E-state index >= 15 is 0 Å². The Balaban J connectivity index is 3.78. The van der Waals surface area contributed by atoms with Crippen LogP contribution in [0.3, 0.4) is 0 Å². The Morgan fingerprint density at radius 3 is 1.82 bits per heavy atom. The molecule has 1 aromatic rings. The van der Waals surface area contributed by atoms with Gasteiger partial charge in [0.25, 0.3) is 5.75 Å². The maximum Gasteiger partial charge on any atom is 0.395 e. The summed E-state index contributed by atoms with van der Waals surface area (Å²) in [5.41, 5.74) is -3.36. The number of aromatic hydroxyl groups is 1. The van der Waals surface area contributed by atoms with Crippen molar-refractivity contribution >= 4 is 33.0 Å². The first-order valence-corrected chi connectivity index (χ1v) is 4.55.